The molecular weight excluding hydrogens is 367 g/mol. The van der Waals surface area contributed by atoms with Gasteiger partial charge in [-0.2, -0.15) is 0 Å². The number of nitrogens with zero attached hydrogens (tertiary/aromatic N) is 2. The Morgan fingerprint density at radius 3 is 2.81 bits per heavy atom. The zero-order chi connectivity index (χ0) is 19.4. The lowest BCUT2D eigenvalue weighted by atomic mass is 10.1. The van der Waals surface area contributed by atoms with Crippen LogP contribution in [-0.2, 0) is 13.1 Å². The Labute approximate surface area is 160 Å². The fourth-order valence-electron chi connectivity index (χ4n) is 2.77. The fourth-order valence-corrected chi connectivity index (χ4v) is 3.50. The summed E-state index contributed by atoms with van der Waals surface area (Å²) in [5, 5.41) is 6.09. The maximum atomic E-state index is 13.3. The number of fused-ring (bicyclic) bond motifs is 1. The van der Waals surface area contributed by atoms with E-state index in [9.17, 15) is 14.0 Å². The van der Waals surface area contributed by atoms with Gasteiger partial charge in [0.25, 0.3) is 11.5 Å². The maximum absolute atomic E-state index is 13.3. The summed E-state index contributed by atoms with van der Waals surface area (Å²) in [4.78, 5) is 33.9. The molecule has 0 aliphatic carbocycles. The van der Waals surface area contributed by atoms with Crippen molar-refractivity contribution in [3.8, 4) is 0 Å². The summed E-state index contributed by atoms with van der Waals surface area (Å²) >= 11 is 1.48. The molecule has 2 N–H and O–H groups in total. The molecule has 8 heteroatoms. The SMILES string of the molecule is CCN(CC)Cc1csc(CNC(=O)c2cc3ccc(F)cc3[nH]c2=O)n1. The highest BCUT2D eigenvalue weighted by Crippen LogP contribution is 2.14. The largest absolute Gasteiger partial charge is 0.345 e. The lowest BCUT2D eigenvalue weighted by Crippen LogP contribution is -2.29. The summed E-state index contributed by atoms with van der Waals surface area (Å²) in [5.74, 6) is -0.928. The van der Waals surface area contributed by atoms with Crippen LogP contribution >= 0.6 is 11.3 Å². The highest BCUT2D eigenvalue weighted by molar-refractivity contribution is 7.09. The number of rotatable bonds is 7. The van der Waals surface area contributed by atoms with Crippen LogP contribution in [0.15, 0.2) is 34.4 Å². The molecule has 0 radical (unpaired) electrons. The number of benzene rings is 1. The van der Waals surface area contributed by atoms with E-state index in [1.807, 2.05) is 5.38 Å². The number of hydrogen-bond donors (Lipinski definition) is 2. The van der Waals surface area contributed by atoms with E-state index >= 15 is 0 Å². The highest BCUT2D eigenvalue weighted by Gasteiger charge is 2.13. The maximum Gasteiger partial charge on any atom is 0.261 e. The van der Waals surface area contributed by atoms with E-state index in [1.54, 1.807) is 0 Å². The molecule has 6 nitrogen and oxygen atoms in total. The van der Waals surface area contributed by atoms with Crippen molar-refractivity contribution in [2.75, 3.05) is 13.1 Å². The van der Waals surface area contributed by atoms with Crippen molar-refractivity contribution in [1.82, 2.24) is 20.2 Å². The van der Waals surface area contributed by atoms with Crippen molar-refractivity contribution < 1.29 is 9.18 Å². The van der Waals surface area contributed by atoms with Gasteiger partial charge in [-0.15, -0.1) is 11.3 Å². The van der Waals surface area contributed by atoms with Crippen LogP contribution < -0.4 is 10.9 Å². The zero-order valence-electron chi connectivity index (χ0n) is 15.2. The fraction of sp³-hybridized carbons (Fsp3) is 0.316. The Kier molecular flexibility index (Phi) is 5.98. The van der Waals surface area contributed by atoms with Crippen LogP contribution in [0.4, 0.5) is 4.39 Å². The lowest BCUT2D eigenvalue weighted by molar-refractivity contribution is 0.0949. The van der Waals surface area contributed by atoms with Gasteiger partial charge in [-0.05, 0) is 42.7 Å². The number of hydrogen-bond acceptors (Lipinski definition) is 5. The van der Waals surface area contributed by atoms with Crippen LogP contribution in [-0.4, -0.2) is 33.9 Å². The molecule has 2 heterocycles. The molecule has 1 aromatic carbocycles. The van der Waals surface area contributed by atoms with Gasteiger partial charge in [-0.3, -0.25) is 14.5 Å². The van der Waals surface area contributed by atoms with Gasteiger partial charge >= 0.3 is 0 Å². The molecule has 27 heavy (non-hydrogen) atoms. The summed E-state index contributed by atoms with van der Waals surface area (Å²) in [5.41, 5.74) is 0.775. The quantitative estimate of drug-likeness (QED) is 0.652. The van der Waals surface area contributed by atoms with Crippen molar-refractivity contribution >= 4 is 28.1 Å². The number of nitrogens with one attached hydrogen (secondary N) is 2. The van der Waals surface area contributed by atoms with E-state index in [4.69, 9.17) is 0 Å². The number of amides is 1. The summed E-state index contributed by atoms with van der Waals surface area (Å²) < 4.78 is 13.3. The summed E-state index contributed by atoms with van der Waals surface area (Å²) in [6.07, 6.45) is 0. The van der Waals surface area contributed by atoms with E-state index in [0.29, 0.717) is 10.9 Å². The molecule has 0 aliphatic heterocycles. The Morgan fingerprint density at radius 2 is 2.07 bits per heavy atom. The molecule has 0 saturated carbocycles. The van der Waals surface area contributed by atoms with Crippen LogP contribution in [0.25, 0.3) is 10.9 Å². The number of carbonyl (C=O) groups is 1. The number of aromatic nitrogens is 2. The van der Waals surface area contributed by atoms with E-state index in [-0.39, 0.29) is 12.1 Å². The Bertz CT molecular complexity index is 1010. The van der Waals surface area contributed by atoms with E-state index in [0.717, 1.165) is 30.3 Å². The number of carbonyl (C=O) groups excluding carboxylic acids is 1. The van der Waals surface area contributed by atoms with Crippen molar-refractivity contribution in [3.05, 3.63) is 62.1 Å². The molecule has 142 valence electrons. The normalized spacial score (nSPS) is 11.3. The van der Waals surface area contributed by atoms with Gasteiger partial charge in [0.1, 0.15) is 16.4 Å². The van der Waals surface area contributed by atoms with E-state index in [2.05, 4.69) is 34.0 Å². The first-order valence-corrected chi connectivity index (χ1v) is 9.64. The smallest absolute Gasteiger partial charge is 0.261 e. The molecule has 0 bridgehead atoms. The Hall–Kier alpha value is -2.58. The van der Waals surface area contributed by atoms with Crippen molar-refractivity contribution in [3.63, 3.8) is 0 Å². The lowest BCUT2D eigenvalue weighted by Gasteiger charge is -2.15. The molecule has 1 amide bonds. The second-order valence-electron chi connectivity index (χ2n) is 6.12. The predicted octanol–water partition coefficient (Wildman–Crippen LogP) is 2.90. The minimum absolute atomic E-state index is 0.00553. The molecule has 0 spiro atoms. The van der Waals surface area contributed by atoms with Gasteiger partial charge in [0, 0.05) is 11.9 Å². The first-order valence-electron chi connectivity index (χ1n) is 8.76. The first kappa shape index (κ1) is 19.2. The third-order valence-electron chi connectivity index (χ3n) is 4.33. The Balaban J connectivity index is 1.68. The average molecular weight is 388 g/mol. The molecule has 3 aromatic rings. The molecule has 3 rings (SSSR count). The van der Waals surface area contributed by atoms with Gasteiger partial charge in [-0.25, -0.2) is 9.37 Å². The predicted molar refractivity (Wildman–Crippen MR) is 104 cm³/mol. The second-order valence-corrected chi connectivity index (χ2v) is 7.06. The van der Waals surface area contributed by atoms with E-state index < -0.39 is 17.3 Å². The standard InChI is InChI=1S/C19H21FN4O2S/c1-3-24(4-2)10-14-11-27-17(22-14)9-21-18(25)15-7-12-5-6-13(20)8-16(12)23-19(15)26/h5-8,11H,3-4,9-10H2,1-2H3,(H,21,25)(H,23,26). The minimum Gasteiger partial charge on any atom is -0.345 e. The number of H-pyrrole nitrogens is 1. The minimum atomic E-state index is -0.549. The molecule has 0 saturated heterocycles. The van der Waals surface area contributed by atoms with Crippen LogP contribution in [0.3, 0.4) is 0 Å². The van der Waals surface area contributed by atoms with Crippen LogP contribution in [0.2, 0.25) is 0 Å². The zero-order valence-corrected chi connectivity index (χ0v) is 16.0. The molecular formula is C19H21FN4O2S. The third kappa shape index (κ3) is 4.58. The van der Waals surface area contributed by atoms with Crippen molar-refractivity contribution in [2.45, 2.75) is 26.9 Å². The van der Waals surface area contributed by atoms with Crippen LogP contribution in [0.5, 0.6) is 0 Å². The summed E-state index contributed by atoms with van der Waals surface area (Å²) in [6.45, 7) is 7.14. The second kappa shape index (κ2) is 8.41. The number of aromatic amines is 1. The van der Waals surface area contributed by atoms with Gasteiger partial charge < -0.3 is 10.3 Å². The topological polar surface area (TPSA) is 78.1 Å². The van der Waals surface area contributed by atoms with Crippen molar-refractivity contribution in [2.24, 2.45) is 0 Å². The molecule has 0 unspecified atom stereocenters. The molecule has 0 atom stereocenters. The monoisotopic (exact) mass is 388 g/mol. The third-order valence-corrected chi connectivity index (χ3v) is 5.23. The summed E-state index contributed by atoms with van der Waals surface area (Å²) in [7, 11) is 0. The van der Waals surface area contributed by atoms with E-state index in [1.165, 1.54) is 35.6 Å². The average Bonchev–Trinajstić information content (AvgIpc) is 3.11. The van der Waals surface area contributed by atoms with Gasteiger partial charge in [0.15, 0.2) is 0 Å². The number of pyridine rings is 1. The number of thiazole rings is 1. The van der Waals surface area contributed by atoms with Gasteiger partial charge in [0.05, 0.1) is 17.8 Å². The highest BCUT2D eigenvalue weighted by atomic mass is 32.1. The summed E-state index contributed by atoms with van der Waals surface area (Å²) in [6, 6.07) is 5.51. The van der Waals surface area contributed by atoms with Crippen LogP contribution in [0.1, 0.15) is 34.9 Å². The molecule has 0 fully saturated rings. The molecule has 2 aromatic heterocycles. The van der Waals surface area contributed by atoms with Crippen molar-refractivity contribution in [1.29, 1.82) is 0 Å². The Morgan fingerprint density at radius 1 is 1.30 bits per heavy atom. The van der Waals surface area contributed by atoms with Gasteiger partial charge in [-0.1, -0.05) is 13.8 Å². The number of halogens is 1. The molecule has 0 aliphatic rings. The first-order chi connectivity index (χ1) is 13.0. The van der Waals surface area contributed by atoms with Crippen LogP contribution in [0, 0.1) is 5.82 Å². The van der Waals surface area contributed by atoms with Gasteiger partial charge in [0.2, 0.25) is 0 Å².